The molecule has 0 saturated carbocycles. The molecular weight excluding hydrogens is 368 g/mol. The van der Waals surface area contributed by atoms with Crippen LogP contribution in [0.1, 0.15) is 6.42 Å². The lowest BCUT2D eigenvalue weighted by Crippen LogP contribution is -1.98. The zero-order chi connectivity index (χ0) is 6.62. The molecule has 0 rings (SSSR count). The average molecular weight is 373 g/mol. The van der Waals surface area contributed by atoms with Gasteiger partial charge in [0.1, 0.15) is 2.14 Å². The van der Waals surface area contributed by atoms with E-state index in [0.717, 1.165) is 11.8 Å². The minimum absolute atomic E-state index is 0.0965. The molecule has 0 aromatic rings. The van der Waals surface area contributed by atoms with E-state index >= 15 is 0 Å². The average Bonchev–Trinajstić information content (AvgIpc) is 1.59. The lowest BCUT2D eigenvalue weighted by Gasteiger charge is -2.08. The standard InChI is InChI=1S/C4H5Br4/c5-3-1-2-4(6,7)8/h1H,2-3H2. The SMILES string of the molecule is BrC[CH]CC(Br)(Br)Br. The van der Waals surface area contributed by atoms with Crippen LogP contribution in [-0.2, 0) is 0 Å². The summed E-state index contributed by atoms with van der Waals surface area (Å²) in [6, 6.07) is 0. The number of hydrogen-bond acceptors (Lipinski definition) is 0. The van der Waals surface area contributed by atoms with Gasteiger partial charge in [-0.2, -0.15) is 0 Å². The maximum atomic E-state index is 3.36. The molecule has 49 valence electrons. The number of hydrogen-bond donors (Lipinski definition) is 0. The Balaban J connectivity index is 3.11. The van der Waals surface area contributed by atoms with Crippen LogP contribution in [0.4, 0.5) is 0 Å². The Morgan fingerprint density at radius 1 is 1.25 bits per heavy atom. The molecule has 0 aliphatic rings. The number of halogens is 4. The van der Waals surface area contributed by atoms with Crippen molar-refractivity contribution in [2.45, 2.75) is 8.56 Å². The highest BCUT2D eigenvalue weighted by Gasteiger charge is 2.15. The summed E-state index contributed by atoms with van der Waals surface area (Å²) in [5.41, 5.74) is 0. The summed E-state index contributed by atoms with van der Waals surface area (Å²) >= 11 is 13.4. The minimum Gasteiger partial charge on any atom is -0.0925 e. The second-order valence-corrected chi connectivity index (χ2v) is 9.16. The third-order valence-electron chi connectivity index (χ3n) is 0.485. The van der Waals surface area contributed by atoms with Crippen LogP contribution in [0.25, 0.3) is 0 Å². The van der Waals surface area contributed by atoms with E-state index in [-0.39, 0.29) is 2.14 Å². The van der Waals surface area contributed by atoms with E-state index in [1.54, 1.807) is 0 Å². The summed E-state index contributed by atoms with van der Waals surface area (Å²) in [6.45, 7) is 0. The molecule has 0 N–H and O–H groups in total. The Labute approximate surface area is 83.3 Å². The van der Waals surface area contributed by atoms with Crippen molar-refractivity contribution in [1.82, 2.24) is 0 Å². The van der Waals surface area contributed by atoms with Gasteiger partial charge in [-0.1, -0.05) is 63.7 Å². The summed E-state index contributed by atoms with van der Waals surface area (Å²) in [5.74, 6) is 0. The first kappa shape index (κ1) is 9.92. The predicted octanol–water partition coefficient (Wildman–Crippen LogP) is 3.81. The van der Waals surface area contributed by atoms with Gasteiger partial charge in [0, 0.05) is 5.33 Å². The van der Waals surface area contributed by atoms with Crippen molar-refractivity contribution in [1.29, 1.82) is 0 Å². The van der Waals surface area contributed by atoms with Gasteiger partial charge < -0.3 is 0 Å². The molecular formula is C4H5Br4. The van der Waals surface area contributed by atoms with E-state index in [4.69, 9.17) is 0 Å². The largest absolute Gasteiger partial charge is 0.135 e. The summed E-state index contributed by atoms with van der Waals surface area (Å²) in [6.07, 6.45) is 3.05. The van der Waals surface area contributed by atoms with Crippen molar-refractivity contribution < 1.29 is 0 Å². The van der Waals surface area contributed by atoms with E-state index in [1.165, 1.54) is 0 Å². The molecule has 0 fully saturated rings. The summed E-state index contributed by atoms with van der Waals surface area (Å²) in [4.78, 5) is 0. The van der Waals surface area contributed by atoms with Gasteiger partial charge in [-0.3, -0.25) is 0 Å². The molecule has 1 radical (unpaired) electrons. The van der Waals surface area contributed by atoms with Gasteiger partial charge in [0.05, 0.1) is 0 Å². The third kappa shape index (κ3) is 7.92. The van der Waals surface area contributed by atoms with Crippen molar-refractivity contribution >= 4 is 63.7 Å². The van der Waals surface area contributed by atoms with Crippen LogP contribution in [0.15, 0.2) is 0 Å². The fourth-order valence-corrected chi connectivity index (χ4v) is 1.13. The Kier molecular flexibility index (Phi) is 5.82. The third-order valence-corrected chi connectivity index (χ3v) is 1.91. The first-order valence-electron chi connectivity index (χ1n) is 2.00. The van der Waals surface area contributed by atoms with Gasteiger partial charge in [0.2, 0.25) is 0 Å². The highest BCUT2D eigenvalue weighted by molar-refractivity contribution is 9.39. The fraction of sp³-hybridized carbons (Fsp3) is 0.750. The maximum absolute atomic E-state index is 3.36. The zero-order valence-corrected chi connectivity index (χ0v) is 10.3. The number of alkyl halides is 4. The molecule has 0 aliphatic heterocycles. The van der Waals surface area contributed by atoms with Crippen molar-refractivity contribution in [2.75, 3.05) is 5.33 Å². The molecule has 0 nitrogen and oxygen atoms in total. The molecule has 8 heavy (non-hydrogen) atoms. The van der Waals surface area contributed by atoms with Crippen LogP contribution in [0.3, 0.4) is 0 Å². The molecule has 0 unspecified atom stereocenters. The van der Waals surface area contributed by atoms with Gasteiger partial charge in [-0.15, -0.1) is 0 Å². The first-order chi connectivity index (χ1) is 3.56. The smallest absolute Gasteiger partial charge is 0.0925 e. The quantitative estimate of drug-likeness (QED) is 0.647. The van der Waals surface area contributed by atoms with Crippen molar-refractivity contribution in [3.05, 3.63) is 6.42 Å². The molecule has 0 saturated heterocycles. The molecule has 0 amide bonds. The van der Waals surface area contributed by atoms with Gasteiger partial charge in [0.15, 0.2) is 0 Å². The molecule has 0 aromatic carbocycles. The van der Waals surface area contributed by atoms with Crippen LogP contribution in [0.5, 0.6) is 0 Å². The summed E-state index contributed by atoms with van der Waals surface area (Å²) in [7, 11) is 0. The van der Waals surface area contributed by atoms with Crippen LogP contribution < -0.4 is 0 Å². The molecule has 4 heteroatoms. The fourth-order valence-electron chi connectivity index (χ4n) is 0.218. The van der Waals surface area contributed by atoms with Crippen molar-refractivity contribution in [3.8, 4) is 0 Å². The van der Waals surface area contributed by atoms with E-state index in [1.807, 2.05) is 0 Å². The normalized spacial score (nSPS) is 12.0. The van der Waals surface area contributed by atoms with E-state index in [0.29, 0.717) is 0 Å². The molecule has 0 atom stereocenters. The lowest BCUT2D eigenvalue weighted by atomic mass is 10.4. The maximum Gasteiger partial charge on any atom is 0.135 e. The molecule has 0 spiro atoms. The second kappa shape index (κ2) is 4.69. The minimum atomic E-state index is -0.0965. The Morgan fingerprint density at radius 2 is 1.75 bits per heavy atom. The van der Waals surface area contributed by atoms with Crippen molar-refractivity contribution in [2.24, 2.45) is 0 Å². The Morgan fingerprint density at radius 3 is 1.88 bits per heavy atom. The van der Waals surface area contributed by atoms with Crippen LogP contribution in [0.2, 0.25) is 0 Å². The van der Waals surface area contributed by atoms with Crippen LogP contribution in [-0.4, -0.2) is 7.47 Å². The molecule has 0 bridgehead atoms. The van der Waals surface area contributed by atoms with Gasteiger partial charge in [-0.25, -0.2) is 0 Å². The zero-order valence-electron chi connectivity index (χ0n) is 4.00. The van der Waals surface area contributed by atoms with Crippen LogP contribution >= 0.6 is 63.7 Å². The van der Waals surface area contributed by atoms with E-state index in [9.17, 15) is 0 Å². The van der Waals surface area contributed by atoms with E-state index in [2.05, 4.69) is 70.1 Å². The number of rotatable bonds is 2. The molecule has 0 heterocycles. The molecule has 0 aliphatic carbocycles. The predicted molar refractivity (Wildman–Crippen MR) is 52.2 cm³/mol. The van der Waals surface area contributed by atoms with E-state index < -0.39 is 0 Å². The molecule has 0 aromatic heterocycles. The van der Waals surface area contributed by atoms with Gasteiger partial charge in [-0.05, 0) is 12.8 Å². The lowest BCUT2D eigenvalue weighted by molar-refractivity contribution is 1.07. The summed E-state index contributed by atoms with van der Waals surface area (Å²) < 4.78 is -0.0965. The highest BCUT2D eigenvalue weighted by Crippen LogP contribution is 2.37. The summed E-state index contributed by atoms with van der Waals surface area (Å²) in [5, 5.41) is 0.928. The van der Waals surface area contributed by atoms with Crippen molar-refractivity contribution in [3.63, 3.8) is 0 Å². The Hall–Kier alpha value is 1.92. The Bertz CT molecular complexity index is 55.5. The monoisotopic (exact) mass is 369 g/mol. The highest BCUT2D eigenvalue weighted by atomic mass is 80.0. The second-order valence-electron chi connectivity index (χ2n) is 1.26. The van der Waals surface area contributed by atoms with Gasteiger partial charge in [0.25, 0.3) is 0 Å². The topological polar surface area (TPSA) is 0 Å². The van der Waals surface area contributed by atoms with Crippen LogP contribution in [0, 0.1) is 6.42 Å². The first-order valence-corrected chi connectivity index (χ1v) is 5.50. The van der Waals surface area contributed by atoms with Gasteiger partial charge >= 0.3 is 0 Å².